The molecule has 3 rings (SSSR count). The summed E-state index contributed by atoms with van der Waals surface area (Å²) in [5.74, 6) is -0.570. The Balaban J connectivity index is 2.02. The van der Waals surface area contributed by atoms with E-state index in [0.29, 0.717) is 24.4 Å². The van der Waals surface area contributed by atoms with Gasteiger partial charge in [-0.05, 0) is 19.4 Å². The number of amides is 1. The summed E-state index contributed by atoms with van der Waals surface area (Å²) in [5.41, 5.74) is 1.95. The summed E-state index contributed by atoms with van der Waals surface area (Å²) in [6, 6.07) is 15.7. The number of nitrogens with zero attached hydrogens (tertiary/aromatic N) is 3. The van der Waals surface area contributed by atoms with Gasteiger partial charge in [0.1, 0.15) is 0 Å². The maximum atomic E-state index is 13.0. The fourth-order valence-corrected chi connectivity index (χ4v) is 3.28. The van der Waals surface area contributed by atoms with Gasteiger partial charge in [0.05, 0.1) is 16.6 Å². The number of hydrogen-bond donors (Lipinski definition) is 0. The van der Waals surface area contributed by atoms with E-state index >= 15 is 0 Å². The number of hydrogen-bond acceptors (Lipinski definition) is 5. The summed E-state index contributed by atoms with van der Waals surface area (Å²) in [5, 5.41) is 15.3. The molecule has 1 heterocycles. The van der Waals surface area contributed by atoms with Gasteiger partial charge in [0.2, 0.25) is 6.10 Å². The zero-order valence-corrected chi connectivity index (χ0v) is 15.2. The number of rotatable bonds is 6. The van der Waals surface area contributed by atoms with Crippen molar-refractivity contribution in [1.29, 1.82) is 0 Å². The molecule has 7 heteroatoms. The molecule has 0 saturated carbocycles. The average Bonchev–Trinajstić information content (AvgIpc) is 3.14. The molecule has 2 aromatic carbocycles. The molecule has 1 aliphatic rings. The molecule has 0 unspecified atom stereocenters. The van der Waals surface area contributed by atoms with Crippen LogP contribution in [0.15, 0.2) is 59.8 Å². The van der Waals surface area contributed by atoms with Crippen molar-refractivity contribution in [2.75, 3.05) is 13.1 Å². The third-order valence-corrected chi connectivity index (χ3v) is 4.69. The van der Waals surface area contributed by atoms with Crippen molar-refractivity contribution >= 4 is 17.3 Å². The van der Waals surface area contributed by atoms with Gasteiger partial charge in [0.25, 0.3) is 11.6 Å². The SMILES string of the molecule is CCN(CC)C(=O)[C@H]1ON=C(c2cccc([N+](=O)[O-])c2)[C@@H]1c1ccccc1. The van der Waals surface area contributed by atoms with Gasteiger partial charge >= 0.3 is 0 Å². The molecule has 0 fully saturated rings. The summed E-state index contributed by atoms with van der Waals surface area (Å²) in [6.07, 6.45) is -0.790. The maximum Gasteiger partial charge on any atom is 0.270 e. The molecule has 2 atom stereocenters. The quantitative estimate of drug-likeness (QED) is 0.579. The summed E-state index contributed by atoms with van der Waals surface area (Å²) < 4.78 is 0. The van der Waals surface area contributed by atoms with Crippen LogP contribution in [0.2, 0.25) is 0 Å². The van der Waals surface area contributed by atoms with E-state index in [-0.39, 0.29) is 11.6 Å². The molecule has 0 spiro atoms. The van der Waals surface area contributed by atoms with Crippen molar-refractivity contribution in [3.05, 3.63) is 75.8 Å². The summed E-state index contributed by atoms with van der Waals surface area (Å²) in [7, 11) is 0. The Kier molecular flexibility index (Phi) is 5.49. The second-order valence-electron chi connectivity index (χ2n) is 6.21. The fraction of sp³-hybridized carbons (Fsp3) is 0.300. The number of carbonyl (C=O) groups excluding carboxylic acids is 1. The highest BCUT2D eigenvalue weighted by molar-refractivity contribution is 6.09. The van der Waals surface area contributed by atoms with Gasteiger partial charge in [-0.3, -0.25) is 14.9 Å². The highest BCUT2D eigenvalue weighted by Gasteiger charge is 2.42. The first-order valence-electron chi connectivity index (χ1n) is 8.89. The normalized spacial score (nSPS) is 18.5. The van der Waals surface area contributed by atoms with Crippen LogP contribution in [0.5, 0.6) is 0 Å². The Morgan fingerprint density at radius 3 is 2.48 bits per heavy atom. The first kappa shape index (κ1) is 18.6. The lowest BCUT2D eigenvalue weighted by molar-refractivity contribution is -0.384. The smallest absolute Gasteiger partial charge is 0.270 e. The molecule has 0 aromatic heterocycles. The minimum atomic E-state index is -0.790. The Hall–Kier alpha value is -3.22. The number of oxime groups is 1. The molecule has 1 aliphatic heterocycles. The monoisotopic (exact) mass is 367 g/mol. The molecular weight excluding hydrogens is 346 g/mol. The molecule has 140 valence electrons. The molecule has 0 aliphatic carbocycles. The van der Waals surface area contributed by atoms with E-state index in [0.717, 1.165) is 5.56 Å². The molecule has 0 bridgehead atoms. The Morgan fingerprint density at radius 1 is 1.15 bits per heavy atom. The maximum absolute atomic E-state index is 13.0. The second-order valence-corrected chi connectivity index (χ2v) is 6.21. The predicted octanol–water partition coefficient (Wildman–Crippen LogP) is 3.35. The van der Waals surface area contributed by atoms with Crippen molar-refractivity contribution in [2.45, 2.75) is 25.9 Å². The van der Waals surface area contributed by atoms with Gasteiger partial charge in [0.15, 0.2) is 0 Å². The molecule has 7 nitrogen and oxygen atoms in total. The standard InChI is InChI=1S/C20H21N3O4/c1-3-22(4-2)20(24)19-17(14-9-6-5-7-10-14)18(21-27-19)15-11-8-12-16(13-15)23(25)26/h5-13,17,19H,3-4H2,1-2H3/t17-,19-/m0/s1. The van der Waals surface area contributed by atoms with Crippen molar-refractivity contribution in [3.8, 4) is 0 Å². The van der Waals surface area contributed by atoms with Gasteiger partial charge in [-0.2, -0.15) is 0 Å². The van der Waals surface area contributed by atoms with Crippen LogP contribution < -0.4 is 0 Å². The number of non-ortho nitro benzene ring substituents is 1. The highest BCUT2D eigenvalue weighted by atomic mass is 16.6. The van der Waals surface area contributed by atoms with E-state index in [1.54, 1.807) is 17.0 Å². The van der Waals surface area contributed by atoms with E-state index in [1.165, 1.54) is 12.1 Å². The number of nitro benzene ring substituents is 1. The van der Waals surface area contributed by atoms with E-state index < -0.39 is 16.9 Å². The van der Waals surface area contributed by atoms with Crippen LogP contribution in [0.1, 0.15) is 30.9 Å². The van der Waals surface area contributed by atoms with Crippen LogP contribution in [0.4, 0.5) is 5.69 Å². The molecular formula is C20H21N3O4. The van der Waals surface area contributed by atoms with E-state index in [9.17, 15) is 14.9 Å². The van der Waals surface area contributed by atoms with Gasteiger partial charge in [-0.25, -0.2) is 0 Å². The third kappa shape index (κ3) is 3.67. The number of benzene rings is 2. The minimum Gasteiger partial charge on any atom is -0.381 e. The van der Waals surface area contributed by atoms with E-state index in [4.69, 9.17) is 4.84 Å². The topological polar surface area (TPSA) is 85.0 Å². The summed E-state index contributed by atoms with van der Waals surface area (Å²) in [6.45, 7) is 4.97. The Bertz CT molecular complexity index is 863. The van der Waals surface area contributed by atoms with Crippen molar-refractivity contribution in [2.24, 2.45) is 5.16 Å². The van der Waals surface area contributed by atoms with Crippen LogP contribution in [-0.2, 0) is 9.63 Å². The Labute approximate surface area is 157 Å². The van der Waals surface area contributed by atoms with Crippen LogP contribution >= 0.6 is 0 Å². The number of carbonyl (C=O) groups is 1. The third-order valence-electron chi connectivity index (χ3n) is 4.69. The lowest BCUT2D eigenvalue weighted by atomic mass is 9.85. The average molecular weight is 367 g/mol. The molecule has 1 amide bonds. The lowest BCUT2D eigenvalue weighted by Gasteiger charge is -2.25. The first-order valence-corrected chi connectivity index (χ1v) is 8.89. The van der Waals surface area contributed by atoms with Gasteiger partial charge in [-0.15, -0.1) is 0 Å². The van der Waals surface area contributed by atoms with Crippen LogP contribution in [0.3, 0.4) is 0 Å². The minimum absolute atomic E-state index is 0.0273. The number of likely N-dealkylation sites (N-methyl/N-ethyl adjacent to an activating group) is 1. The van der Waals surface area contributed by atoms with Gasteiger partial charge in [0, 0.05) is 30.8 Å². The zero-order chi connectivity index (χ0) is 19.4. The van der Waals surface area contributed by atoms with Crippen molar-refractivity contribution < 1.29 is 14.6 Å². The second kappa shape index (κ2) is 7.99. The van der Waals surface area contributed by atoms with Crippen molar-refractivity contribution in [1.82, 2.24) is 4.90 Å². The largest absolute Gasteiger partial charge is 0.381 e. The molecule has 0 N–H and O–H groups in total. The summed E-state index contributed by atoms with van der Waals surface area (Å²) >= 11 is 0. The molecule has 2 aromatic rings. The molecule has 0 saturated heterocycles. The van der Waals surface area contributed by atoms with Crippen LogP contribution in [0, 0.1) is 10.1 Å². The Morgan fingerprint density at radius 2 is 1.85 bits per heavy atom. The fourth-order valence-electron chi connectivity index (χ4n) is 3.28. The predicted molar refractivity (Wildman–Crippen MR) is 102 cm³/mol. The zero-order valence-electron chi connectivity index (χ0n) is 15.2. The molecule has 27 heavy (non-hydrogen) atoms. The van der Waals surface area contributed by atoms with E-state index in [1.807, 2.05) is 44.2 Å². The molecule has 0 radical (unpaired) electrons. The first-order chi connectivity index (χ1) is 13.1. The van der Waals surface area contributed by atoms with Gasteiger partial charge < -0.3 is 9.74 Å². The van der Waals surface area contributed by atoms with Crippen LogP contribution in [-0.4, -0.2) is 40.6 Å². The highest BCUT2D eigenvalue weighted by Crippen LogP contribution is 2.34. The lowest BCUT2D eigenvalue weighted by Crippen LogP contribution is -2.42. The van der Waals surface area contributed by atoms with Gasteiger partial charge in [-0.1, -0.05) is 47.6 Å². The van der Waals surface area contributed by atoms with Crippen molar-refractivity contribution in [3.63, 3.8) is 0 Å². The van der Waals surface area contributed by atoms with Crippen LogP contribution in [0.25, 0.3) is 0 Å². The van der Waals surface area contributed by atoms with E-state index in [2.05, 4.69) is 5.16 Å². The summed E-state index contributed by atoms with van der Waals surface area (Å²) in [4.78, 5) is 30.9. The number of nitro groups is 1.